The smallest absolute Gasteiger partial charge is 0.174 e. The van der Waals surface area contributed by atoms with Crippen LogP contribution in [0.2, 0.25) is 0 Å². The lowest BCUT2D eigenvalue weighted by molar-refractivity contribution is -0.225. The van der Waals surface area contributed by atoms with Gasteiger partial charge >= 0.3 is 0 Å². The quantitative estimate of drug-likeness (QED) is 0.333. The Kier molecular flexibility index (Phi) is 9.45. The van der Waals surface area contributed by atoms with Gasteiger partial charge in [-0.3, -0.25) is 0 Å². The van der Waals surface area contributed by atoms with Gasteiger partial charge in [-0.05, 0) is 24.5 Å². The summed E-state index contributed by atoms with van der Waals surface area (Å²) >= 11 is 0. The van der Waals surface area contributed by atoms with Gasteiger partial charge in [-0.2, -0.15) is 0 Å². The molecule has 1 rings (SSSR count). The molecule has 0 amide bonds. The van der Waals surface area contributed by atoms with Crippen LogP contribution in [0.4, 0.5) is 8.78 Å². The summed E-state index contributed by atoms with van der Waals surface area (Å²) < 4.78 is 38.9. The van der Waals surface area contributed by atoms with Crippen LogP contribution in [0.3, 0.4) is 0 Å². The van der Waals surface area contributed by atoms with Crippen molar-refractivity contribution < 1.29 is 18.3 Å². The first-order chi connectivity index (χ1) is 11.5. The molecular weight excluding hydrogens is 310 g/mol. The molecule has 0 N–H and O–H groups in total. The fourth-order valence-electron chi connectivity index (χ4n) is 3.43. The third-order valence-corrected chi connectivity index (χ3v) is 4.90. The molecule has 1 atom stereocenters. The molecular formula is C20H32F2O2. The van der Waals surface area contributed by atoms with Crippen LogP contribution >= 0.6 is 0 Å². The summed E-state index contributed by atoms with van der Waals surface area (Å²) in [6.45, 7) is 4.16. The van der Waals surface area contributed by atoms with Gasteiger partial charge in [0.25, 0.3) is 0 Å². The molecule has 0 saturated heterocycles. The molecule has 0 fully saturated rings. The van der Waals surface area contributed by atoms with E-state index in [9.17, 15) is 8.78 Å². The molecule has 0 saturated carbocycles. The van der Waals surface area contributed by atoms with Crippen molar-refractivity contribution in [3.05, 3.63) is 35.4 Å². The van der Waals surface area contributed by atoms with Crippen LogP contribution in [-0.2, 0) is 9.47 Å². The Morgan fingerprint density at radius 1 is 0.958 bits per heavy atom. The molecule has 1 aromatic carbocycles. The molecule has 1 aromatic rings. The standard InChI is InChI=1S/C20H32F2O2/c1-5-7-8-9-10-11-12-18(20(6-2,23-3)24-4)17-14-13-16(21)15-19(17)22/h13-15,18H,5-12H2,1-4H3. The van der Waals surface area contributed by atoms with E-state index in [0.29, 0.717) is 12.0 Å². The number of ether oxygens (including phenoxy) is 2. The average molecular weight is 342 g/mol. The first kappa shape index (κ1) is 21.0. The van der Waals surface area contributed by atoms with Crippen molar-refractivity contribution in [2.45, 2.75) is 76.9 Å². The van der Waals surface area contributed by atoms with Crippen LogP contribution in [0.15, 0.2) is 18.2 Å². The molecule has 2 nitrogen and oxygen atoms in total. The normalized spacial score (nSPS) is 13.2. The Bertz CT molecular complexity index is 464. The van der Waals surface area contributed by atoms with Crippen LogP contribution in [0.25, 0.3) is 0 Å². The molecule has 1 unspecified atom stereocenters. The maximum absolute atomic E-state index is 14.4. The Labute approximate surface area is 145 Å². The van der Waals surface area contributed by atoms with Gasteiger partial charge < -0.3 is 9.47 Å². The molecule has 138 valence electrons. The van der Waals surface area contributed by atoms with E-state index in [1.165, 1.54) is 37.8 Å². The molecule has 4 heteroatoms. The van der Waals surface area contributed by atoms with E-state index in [0.717, 1.165) is 25.3 Å². The Morgan fingerprint density at radius 2 is 1.58 bits per heavy atom. The maximum Gasteiger partial charge on any atom is 0.174 e. The fourth-order valence-corrected chi connectivity index (χ4v) is 3.43. The second-order valence-electron chi connectivity index (χ2n) is 6.35. The topological polar surface area (TPSA) is 18.5 Å². The number of halogens is 2. The predicted octanol–water partition coefficient (Wildman–Crippen LogP) is 6.20. The van der Waals surface area contributed by atoms with E-state index in [1.54, 1.807) is 14.2 Å². The summed E-state index contributed by atoms with van der Waals surface area (Å²) in [6.07, 6.45) is 8.32. The second-order valence-corrected chi connectivity index (χ2v) is 6.35. The van der Waals surface area contributed by atoms with E-state index in [-0.39, 0.29) is 5.92 Å². The summed E-state index contributed by atoms with van der Waals surface area (Å²) in [5, 5.41) is 0. The largest absolute Gasteiger partial charge is 0.353 e. The number of methoxy groups -OCH3 is 2. The summed E-state index contributed by atoms with van der Waals surface area (Å²) in [6, 6.07) is 3.77. The highest BCUT2D eigenvalue weighted by Gasteiger charge is 2.39. The average Bonchev–Trinajstić information content (AvgIpc) is 2.58. The lowest BCUT2D eigenvalue weighted by Crippen LogP contribution is -2.40. The lowest BCUT2D eigenvalue weighted by atomic mass is 9.83. The van der Waals surface area contributed by atoms with E-state index in [4.69, 9.17) is 9.47 Å². The third-order valence-electron chi connectivity index (χ3n) is 4.90. The highest BCUT2D eigenvalue weighted by molar-refractivity contribution is 5.25. The first-order valence-electron chi connectivity index (χ1n) is 9.09. The van der Waals surface area contributed by atoms with Crippen LogP contribution in [0.1, 0.15) is 76.7 Å². The molecule has 0 spiro atoms. The zero-order valence-corrected chi connectivity index (χ0v) is 15.5. The summed E-state index contributed by atoms with van der Waals surface area (Å²) in [5.41, 5.74) is 0.468. The second kappa shape index (κ2) is 10.8. The van der Waals surface area contributed by atoms with Gasteiger partial charge in [0, 0.05) is 26.2 Å². The zero-order valence-electron chi connectivity index (χ0n) is 15.5. The number of benzene rings is 1. The Morgan fingerprint density at radius 3 is 2.12 bits per heavy atom. The van der Waals surface area contributed by atoms with Gasteiger partial charge in [-0.25, -0.2) is 8.78 Å². The zero-order chi connectivity index (χ0) is 18.0. The molecule has 0 bridgehead atoms. The van der Waals surface area contributed by atoms with Crippen molar-refractivity contribution in [3.8, 4) is 0 Å². The van der Waals surface area contributed by atoms with Gasteiger partial charge in [0.1, 0.15) is 11.6 Å². The minimum Gasteiger partial charge on any atom is -0.353 e. The minimum absolute atomic E-state index is 0.260. The number of hydrogen-bond donors (Lipinski definition) is 0. The van der Waals surface area contributed by atoms with Gasteiger partial charge in [0.2, 0.25) is 0 Å². The Balaban J connectivity index is 2.91. The van der Waals surface area contributed by atoms with Gasteiger partial charge in [-0.15, -0.1) is 0 Å². The maximum atomic E-state index is 14.4. The third kappa shape index (κ3) is 5.52. The number of rotatable bonds is 12. The predicted molar refractivity (Wildman–Crippen MR) is 94.1 cm³/mol. The number of unbranched alkanes of at least 4 members (excludes halogenated alkanes) is 5. The van der Waals surface area contributed by atoms with Crippen LogP contribution in [0.5, 0.6) is 0 Å². The van der Waals surface area contributed by atoms with Crippen LogP contribution in [-0.4, -0.2) is 20.0 Å². The first-order valence-corrected chi connectivity index (χ1v) is 9.09. The molecule has 0 radical (unpaired) electrons. The van der Waals surface area contributed by atoms with Crippen molar-refractivity contribution in [2.24, 2.45) is 0 Å². The van der Waals surface area contributed by atoms with Crippen molar-refractivity contribution >= 4 is 0 Å². The molecule has 0 aliphatic rings. The minimum atomic E-state index is -0.887. The van der Waals surface area contributed by atoms with Gasteiger partial charge in [-0.1, -0.05) is 58.4 Å². The van der Waals surface area contributed by atoms with Gasteiger partial charge in [0.15, 0.2) is 5.79 Å². The van der Waals surface area contributed by atoms with Crippen molar-refractivity contribution in [2.75, 3.05) is 14.2 Å². The number of hydrogen-bond acceptors (Lipinski definition) is 2. The van der Waals surface area contributed by atoms with E-state index in [2.05, 4.69) is 6.92 Å². The van der Waals surface area contributed by atoms with E-state index in [1.807, 2.05) is 6.92 Å². The highest BCUT2D eigenvalue weighted by Crippen LogP contribution is 2.40. The SMILES string of the molecule is CCCCCCCCC(c1ccc(F)cc1F)C(CC)(OC)OC. The van der Waals surface area contributed by atoms with Crippen molar-refractivity contribution in [3.63, 3.8) is 0 Å². The monoisotopic (exact) mass is 342 g/mol. The summed E-state index contributed by atoms with van der Waals surface area (Å²) in [4.78, 5) is 0. The van der Waals surface area contributed by atoms with Crippen molar-refractivity contribution in [1.29, 1.82) is 0 Å². The fraction of sp³-hybridized carbons (Fsp3) is 0.700. The van der Waals surface area contributed by atoms with Crippen molar-refractivity contribution in [1.82, 2.24) is 0 Å². The van der Waals surface area contributed by atoms with E-state index < -0.39 is 17.4 Å². The molecule has 0 aliphatic carbocycles. The van der Waals surface area contributed by atoms with Crippen LogP contribution < -0.4 is 0 Å². The molecule has 24 heavy (non-hydrogen) atoms. The Hall–Kier alpha value is -1.00. The van der Waals surface area contributed by atoms with Gasteiger partial charge in [0.05, 0.1) is 0 Å². The summed E-state index contributed by atoms with van der Waals surface area (Å²) in [7, 11) is 3.17. The highest BCUT2D eigenvalue weighted by atomic mass is 19.1. The van der Waals surface area contributed by atoms with Crippen LogP contribution in [0, 0.1) is 11.6 Å². The lowest BCUT2D eigenvalue weighted by Gasteiger charge is -2.38. The summed E-state index contributed by atoms with van der Waals surface area (Å²) in [5.74, 6) is -2.24. The molecule has 0 aliphatic heterocycles. The van der Waals surface area contributed by atoms with E-state index >= 15 is 0 Å². The molecule has 0 heterocycles. The molecule has 0 aromatic heterocycles.